The molecule has 1 heterocycles. The van der Waals surface area contributed by atoms with Crippen LogP contribution in [0.15, 0.2) is 36.4 Å². The molecule has 0 radical (unpaired) electrons. The van der Waals surface area contributed by atoms with E-state index in [1.165, 1.54) is 5.56 Å². The molecule has 28 heavy (non-hydrogen) atoms. The minimum Gasteiger partial charge on any atom is -0.332 e. The number of aryl methyl sites for hydroxylation is 3. The van der Waals surface area contributed by atoms with Crippen LogP contribution in [0.4, 0.5) is 11.4 Å². The second kappa shape index (κ2) is 8.52. The number of thiocarbonyl (C=S) groups is 1. The zero-order valence-electron chi connectivity index (χ0n) is 16.2. The monoisotopic (exact) mass is 432 g/mol. The smallest absolute Gasteiger partial charge is 0.175 e. The molecule has 0 atom stereocenters. The number of halogens is 2. The summed E-state index contributed by atoms with van der Waals surface area (Å²) in [4.78, 5) is 0. The van der Waals surface area contributed by atoms with Crippen LogP contribution in [0, 0.1) is 27.7 Å². The molecule has 0 saturated carbocycles. The summed E-state index contributed by atoms with van der Waals surface area (Å²) in [5.74, 6) is 0. The molecule has 0 amide bonds. The number of benzene rings is 2. The number of hydrogen-bond donors (Lipinski definition) is 2. The van der Waals surface area contributed by atoms with Gasteiger partial charge in [-0.2, -0.15) is 5.10 Å². The summed E-state index contributed by atoms with van der Waals surface area (Å²) in [5.41, 5.74) is 7.05. The minimum absolute atomic E-state index is 0.530. The molecule has 7 heteroatoms. The molecule has 2 aromatic carbocycles. The van der Waals surface area contributed by atoms with E-state index in [1.54, 1.807) is 6.07 Å². The maximum atomic E-state index is 6.31. The summed E-state index contributed by atoms with van der Waals surface area (Å²) >= 11 is 17.8. The molecular weight excluding hydrogens is 411 g/mol. The first-order chi connectivity index (χ1) is 13.2. The van der Waals surface area contributed by atoms with E-state index in [2.05, 4.69) is 41.7 Å². The molecule has 0 aliphatic carbocycles. The molecule has 0 spiro atoms. The first-order valence-corrected chi connectivity index (χ1v) is 10.0. The highest BCUT2D eigenvalue weighted by Crippen LogP contribution is 2.25. The molecule has 1 aromatic heterocycles. The van der Waals surface area contributed by atoms with Crippen LogP contribution in [-0.4, -0.2) is 14.9 Å². The molecule has 0 aliphatic heterocycles. The average molecular weight is 433 g/mol. The second-order valence-electron chi connectivity index (χ2n) is 6.84. The quantitative estimate of drug-likeness (QED) is 0.475. The van der Waals surface area contributed by atoms with Crippen LogP contribution in [0.2, 0.25) is 10.0 Å². The van der Waals surface area contributed by atoms with E-state index in [1.807, 2.05) is 36.7 Å². The van der Waals surface area contributed by atoms with Gasteiger partial charge in [-0.05, 0) is 69.2 Å². The Kier molecular flexibility index (Phi) is 6.28. The molecule has 3 rings (SSSR count). The molecule has 0 aliphatic rings. The van der Waals surface area contributed by atoms with Gasteiger partial charge in [0.2, 0.25) is 0 Å². The van der Waals surface area contributed by atoms with Crippen molar-refractivity contribution in [1.29, 1.82) is 0 Å². The van der Waals surface area contributed by atoms with Gasteiger partial charge < -0.3 is 10.6 Å². The Hall–Kier alpha value is -2.08. The third-order valence-corrected chi connectivity index (χ3v) is 5.38. The van der Waals surface area contributed by atoms with Crippen molar-refractivity contribution in [3.8, 4) is 0 Å². The van der Waals surface area contributed by atoms with Crippen molar-refractivity contribution < 1.29 is 0 Å². The summed E-state index contributed by atoms with van der Waals surface area (Å²) in [5, 5.41) is 13.0. The molecular formula is C21H22Cl2N4S. The summed E-state index contributed by atoms with van der Waals surface area (Å²) in [7, 11) is 0. The number of nitrogens with zero attached hydrogens (tertiary/aromatic N) is 2. The fourth-order valence-electron chi connectivity index (χ4n) is 3.06. The number of anilines is 2. The largest absolute Gasteiger partial charge is 0.332 e. The Balaban J connectivity index is 1.76. The fourth-order valence-corrected chi connectivity index (χ4v) is 3.74. The molecule has 2 N–H and O–H groups in total. The van der Waals surface area contributed by atoms with Crippen molar-refractivity contribution in [2.45, 2.75) is 34.2 Å². The first kappa shape index (κ1) is 20.6. The Morgan fingerprint density at radius 3 is 2.46 bits per heavy atom. The second-order valence-corrected chi connectivity index (χ2v) is 8.09. The van der Waals surface area contributed by atoms with Crippen LogP contribution in [0.3, 0.4) is 0 Å². The lowest BCUT2D eigenvalue weighted by atomic mass is 10.1. The van der Waals surface area contributed by atoms with Crippen LogP contribution < -0.4 is 10.6 Å². The molecule has 146 valence electrons. The Morgan fingerprint density at radius 1 is 1.04 bits per heavy atom. The topological polar surface area (TPSA) is 41.9 Å². The van der Waals surface area contributed by atoms with Crippen LogP contribution in [0.5, 0.6) is 0 Å². The maximum absolute atomic E-state index is 6.31. The molecule has 0 bridgehead atoms. The van der Waals surface area contributed by atoms with E-state index in [9.17, 15) is 0 Å². The lowest BCUT2D eigenvalue weighted by Crippen LogP contribution is -2.20. The van der Waals surface area contributed by atoms with E-state index >= 15 is 0 Å². The van der Waals surface area contributed by atoms with Gasteiger partial charge in [-0.15, -0.1) is 0 Å². The summed E-state index contributed by atoms with van der Waals surface area (Å²) in [6, 6.07) is 11.7. The predicted molar refractivity (Wildman–Crippen MR) is 123 cm³/mol. The summed E-state index contributed by atoms with van der Waals surface area (Å²) in [6.07, 6.45) is 0. The van der Waals surface area contributed by atoms with Crippen molar-refractivity contribution in [2.75, 3.05) is 10.6 Å². The molecule has 3 aromatic rings. The van der Waals surface area contributed by atoms with Crippen molar-refractivity contribution in [2.24, 2.45) is 0 Å². The molecule has 0 fully saturated rings. The van der Waals surface area contributed by atoms with Crippen molar-refractivity contribution >= 4 is 51.9 Å². The lowest BCUT2D eigenvalue weighted by molar-refractivity contribution is 0.659. The Labute approximate surface area is 180 Å². The van der Waals surface area contributed by atoms with Gasteiger partial charge in [-0.3, -0.25) is 4.68 Å². The Bertz CT molecular complexity index is 1040. The van der Waals surface area contributed by atoms with E-state index in [0.29, 0.717) is 21.7 Å². The van der Waals surface area contributed by atoms with E-state index in [0.717, 1.165) is 33.9 Å². The maximum Gasteiger partial charge on any atom is 0.175 e. The van der Waals surface area contributed by atoms with Crippen molar-refractivity contribution in [3.63, 3.8) is 0 Å². The van der Waals surface area contributed by atoms with Gasteiger partial charge >= 0.3 is 0 Å². The predicted octanol–water partition coefficient (Wildman–Crippen LogP) is 6.28. The van der Waals surface area contributed by atoms with Gasteiger partial charge in [0.25, 0.3) is 0 Å². The standard InChI is InChI=1S/C21H22Cl2N4S/c1-12-5-8-19(13(2)9-12)24-21(28)25-20-14(3)26-27(15(20)4)11-16-6-7-17(22)10-18(16)23/h5-10H,11H2,1-4H3,(H2,24,25,28). The van der Waals surface area contributed by atoms with Crippen LogP contribution in [0.1, 0.15) is 28.1 Å². The van der Waals surface area contributed by atoms with Gasteiger partial charge in [-0.1, -0.05) is 47.0 Å². The fraction of sp³-hybridized carbons (Fsp3) is 0.238. The van der Waals surface area contributed by atoms with E-state index in [-0.39, 0.29) is 0 Å². The number of hydrogen-bond acceptors (Lipinski definition) is 2. The van der Waals surface area contributed by atoms with Gasteiger partial charge in [0.15, 0.2) is 5.11 Å². The zero-order valence-corrected chi connectivity index (χ0v) is 18.6. The lowest BCUT2D eigenvalue weighted by Gasteiger charge is -2.13. The van der Waals surface area contributed by atoms with Crippen LogP contribution in [-0.2, 0) is 6.54 Å². The third kappa shape index (κ3) is 4.66. The van der Waals surface area contributed by atoms with E-state index in [4.69, 9.17) is 35.4 Å². The number of nitrogens with one attached hydrogen (secondary N) is 2. The van der Waals surface area contributed by atoms with E-state index < -0.39 is 0 Å². The van der Waals surface area contributed by atoms with Crippen LogP contribution >= 0.6 is 35.4 Å². The Morgan fingerprint density at radius 2 is 1.79 bits per heavy atom. The van der Waals surface area contributed by atoms with Gasteiger partial charge in [-0.25, -0.2) is 0 Å². The number of rotatable bonds is 4. The third-order valence-electron chi connectivity index (χ3n) is 4.59. The van der Waals surface area contributed by atoms with Gasteiger partial charge in [0, 0.05) is 15.7 Å². The SMILES string of the molecule is Cc1ccc(NC(=S)Nc2c(C)nn(Cc3ccc(Cl)cc3Cl)c2C)c(C)c1. The first-order valence-electron chi connectivity index (χ1n) is 8.88. The average Bonchev–Trinajstić information content (AvgIpc) is 2.87. The normalized spacial score (nSPS) is 10.8. The number of aromatic nitrogens is 2. The van der Waals surface area contributed by atoms with Gasteiger partial charge in [0.1, 0.15) is 0 Å². The highest BCUT2D eigenvalue weighted by molar-refractivity contribution is 7.80. The molecule has 0 unspecified atom stereocenters. The minimum atomic E-state index is 0.530. The highest BCUT2D eigenvalue weighted by Gasteiger charge is 2.14. The van der Waals surface area contributed by atoms with Crippen molar-refractivity contribution in [3.05, 3.63) is 74.5 Å². The summed E-state index contributed by atoms with van der Waals surface area (Å²) in [6.45, 7) is 8.65. The van der Waals surface area contributed by atoms with Gasteiger partial charge in [0.05, 0.1) is 23.6 Å². The highest BCUT2D eigenvalue weighted by atomic mass is 35.5. The molecule has 4 nitrogen and oxygen atoms in total. The van der Waals surface area contributed by atoms with Crippen LogP contribution in [0.25, 0.3) is 0 Å². The molecule has 0 saturated heterocycles. The zero-order chi connectivity index (χ0) is 20.4. The summed E-state index contributed by atoms with van der Waals surface area (Å²) < 4.78 is 1.91. The van der Waals surface area contributed by atoms with Crippen molar-refractivity contribution in [1.82, 2.24) is 9.78 Å².